The maximum Gasteiger partial charge on any atom is 0.129 e. The zero-order valence-corrected chi connectivity index (χ0v) is 8.46. The molecule has 0 bridgehead atoms. The summed E-state index contributed by atoms with van der Waals surface area (Å²) in [6.07, 6.45) is 3.57. The molecule has 0 aliphatic rings. The number of aryl methyl sites for hydroxylation is 1. The van der Waals surface area contributed by atoms with E-state index >= 15 is 0 Å². The van der Waals surface area contributed by atoms with E-state index in [1.165, 1.54) is 0 Å². The number of benzene rings is 1. The molecular formula is C11H13N3O. The second-order valence-corrected chi connectivity index (χ2v) is 3.47. The second-order valence-electron chi connectivity index (χ2n) is 3.47. The highest BCUT2D eigenvalue weighted by Gasteiger charge is 2.12. The standard InChI is InChI=1S/C11H13N3O/c1-14-7-6-13-11(14)10(12)8-2-4-9(15)5-3-8/h2-7,10,15H,12H2,1H3. The molecule has 1 atom stereocenters. The average molecular weight is 203 g/mol. The summed E-state index contributed by atoms with van der Waals surface area (Å²) in [6.45, 7) is 0. The molecule has 0 aliphatic carbocycles. The summed E-state index contributed by atoms with van der Waals surface area (Å²) in [7, 11) is 1.91. The molecule has 0 amide bonds. The third-order valence-corrected chi connectivity index (χ3v) is 2.39. The summed E-state index contributed by atoms with van der Waals surface area (Å²) in [5, 5.41) is 9.16. The third kappa shape index (κ3) is 1.85. The Labute approximate surface area is 88.0 Å². The molecular weight excluding hydrogens is 190 g/mol. The lowest BCUT2D eigenvalue weighted by Gasteiger charge is -2.11. The van der Waals surface area contributed by atoms with Crippen LogP contribution < -0.4 is 5.73 Å². The van der Waals surface area contributed by atoms with E-state index in [4.69, 9.17) is 10.8 Å². The lowest BCUT2D eigenvalue weighted by Crippen LogP contribution is -2.16. The van der Waals surface area contributed by atoms with Crippen LogP contribution in [0.1, 0.15) is 17.4 Å². The first-order valence-corrected chi connectivity index (χ1v) is 4.70. The van der Waals surface area contributed by atoms with Crippen molar-refractivity contribution in [3.8, 4) is 5.75 Å². The van der Waals surface area contributed by atoms with Gasteiger partial charge in [0, 0.05) is 19.4 Å². The lowest BCUT2D eigenvalue weighted by atomic mass is 10.1. The van der Waals surface area contributed by atoms with E-state index in [9.17, 15) is 0 Å². The minimum atomic E-state index is -0.259. The van der Waals surface area contributed by atoms with Gasteiger partial charge in [-0.05, 0) is 17.7 Å². The van der Waals surface area contributed by atoms with Gasteiger partial charge in [0.25, 0.3) is 0 Å². The van der Waals surface area contributed by atoms with Crippen LogP contribution in [0.2, 0.25) is 0 Å². The molecule has 0 aliphatic heterocycles. The topological polar surface area (TPSA) is 64.1 Å². The lowest BCUT2D eigenvalue weighted by molar-refractivity contribution is 0.475. The molecule has 1 aromatic heterocycles. The predicted molar refractivity (Wildman–Crippen MR) is 57.3 cm³/mol. The molecule has 2 aromatic rings. The molecule has 1 heterocycles. The second kappa shape index (κ2) is 3.74. The average Bonchev–Trinajstić information content (AvgIpc) is 2.65. The van der Waals surface area contributed by atoms with Crippen LogP contribution in [-0.4, -0.2) is 14.7 Å². The Kier molecular flexibility index (Phi) is 2.43. The summed E-state index contributed by atoms with van der Waals surface area (Å²) < 4.78 is 1.89. The van der Waals surface area contributed by atoms with Crippen molar-refractivity contribution in [1.82, 2.24) is 9.55 Å². The van der Waals surface area contributed by atoms with Crippen LogP contribution in [-0.2, 0) is 7.05 Å². The van der Waals surface area contributed by atoms with Crippen LogP contribution in [0.25, 0.3) is 0 Å². The van der Waals surface area contributed by atoms with E-state index in [2.05, 4.69) is 4.98 Å². The van der Waals surface area contributed by atoms with Gasteiger partial charge in [0.1, 0.15) is 11.6 Å². The molecule has 1 unspecified atom stereocenters. The first-order valence-electron chi connectivity index (χ1n) is 4.70. The molecule has 4 heteroatoms. The number of nitrogens with two attached hydrogens (primary N) is 1. The number of aromatic hydroxyl groups is 1. The van der Waals surface area contributed by atoms with Gasteiger partial charge in [-0.15, -0.1) is 0 Å². The maximum atomic E-state index is 9.16. The molecule has 0 radical (unpaired) electrons. The summed E-state index contributed by atoms with van der Waals surface area (Å²) >= 11 is 0. The van der Waals surface area contributed by atoms with Crippen LogP contribution in [0, 0.1) is 0 Å². The summed E-state index contributed by atoms with van der Waals surface area (Å²) in [4.78, 5) is 4.19. The van der Waals surface area contributed by atoms with E-state index in [1.54, 1.807) is 30.5 Å². The van der Waals surface area contributed by atoms with Crippen molar-refractivity contribution in [2.75, 3.05) is 0 Å². The Morgan fingerprint density at radius 3 is 2.53 bits per heavy atom. The van der Waals surface area contributed by atoms with E-state index < -0.39 is 0 Å². The summed E-state index contributed by atoms with van der Waals surface area (Å²) in [5.74, 6) is 1.05. The van der Waals surface area contributed by atoms with E-state index in [0.717, 1.165) is 11.4 Å². The number of rotatable bonds is 2. The fourth-order valence-corrected chi connectivity index (χ4v) is 1.51. The number of aromatic nitrogens is 2. The Morgan fingerprint density at radius 1 is 1.33 bits per heavy atom. The first kappa shape index (κ1) is 9.73. The van der Waals surface area contributed by atoms with Gasteiger partial charge < -0.3 is 15.4 Å². The maximum absolute atomic E-state index is 9.16. The number of phenols is 1. The third-order valence-electron chi connectivity index (χ3n) is 2.39. The predicted octanol–water partition coefficient (Wildman–Crippen LogP) is 1.17. The van der Waals surface area contributed by atoms with Gasteiger partial charge in [0.05, 0.1) is 6.04 Å². The zero-order chi connectivity index (χ0) is 10.8. The highest BCUT2D eigenvalue weighted by atomic mass is 16.3. The highest BCUT2D eigenvalue weighted by Crippen LogP contribution is 2.19. The van der Waals surface area contributed by atoms with Gasteiger partial charge in [-0.1, -0.05) is 12.1 Å². The molecule has 15 heavy (non-hydrogen) atoms. The van der Waals surface area contributed by atoms with E-state index in [0.29, 0.717) is 0 Å². The smallest absolute Gasteiger partial charge is 0.129 e. The van der Waals surface area contributed by atoms with Crippen molar-refractivity contribution < 1.29 is 5.11 Å². The fraction of sp³-hybridized carbons (Fsp3) is 0.182. The molecule has 4 nitrogen and oxygen atoms in total. The quantitative estimate of drug-likeness (QED) is 0.770. The van der Waals surface area contributed by atoms with Crippen LogP contribution >= 0.6 is 0 Å². The Balaban J connectivity index is 2.32. The van der Waals surface area contributed by atoms with Crippen molar-refractivity contribution in [2.45, 2.75) is 6.04 Å². The van der Waals surface area contributed by atoms with Crippen molar-refractivity contribution in [3.05, 3.63) is 48.0 Å². The zero-order valence-electron chi connectivity index (χ0n) is 8.46. The number of nitrogens with zero attached hydrogens (tertiary/aromatic N) is 2. The van der Waals surface area contributed by atoms with Crippen molar-refractivity contribution in [3.63, 3.8) is 0 Å². The molecule has 3 N–H and O–H groups in total. The SMILES string of the molecule is Cn1ccnc1C(N)c1ccc(O)cc1. The van der Waals surface area contributed by atoms with Gasteiger partial charge in [0.2, 0.25) is 0 Å². The minimum absolute atomic E-state index is 0.241. The molecule has 0 saturated carbocycles. The summed E-state index contributed by atoms with van der Waals surface area (Å²) in [5.41, 5.74) is 6.98. The number of hydrogen-bond acceptors (Lipinski definition) is 3. The van der Waals surface area contributed by atoms with Crippen molar-refractivity contribution >= 4 is 0 Å². The Hall–Kier alpha value is -1.81. The Bertz CT molecular complexity index is 447. The largest absolute Gasteiger partial charge is 0.508 e. The minimum Gasteiger partial charge on any atom is -0.508 e. The molecule has 1 aromatic carbocycles. The normalized spacial score (nSPS) is 12.7. The highest BCUT2D eigenvalue weighted by molar-refractivity contribution is 5.30. The van der Waals surface area contributed by atoms with Crippen LogP contribution in [0.3, 0.4) is 0 Å². The number of hydrogen-bond donors (Lipinski definition) is 2. The number of phenolic OH excluding ortho intramolecular Hbond substituents is 1. The van der Waals surface area contributed by atoms with Crippen molar-refractivity contribution in [2.24, 2.45) is 12.8 Å². The Morgan fingerprint density at radius 2 is 2.00 bits per heavy atom. The van der Waals surface area contributed by atoms with Gasteiger partial charge in [-0.3, -0.25) is 0 Å². The monoisotopic (exact) mass is 203 g/mol. The van der Waals surface area contributed by atoms with Crippen molar-refractivity contribution in [1.29, 1.82) is 0 Å². The van der Waals surface area contributed by atoms with Crippen LogP contribution in [0.5, 0.6) is 5.75 Å². The molecule has 0 fully saturated rings. The van der Waals surface area contributed by atoms with Gasteiger partial charge in [-0.25, -0.2) is 4.98 Å². The first-order chi connectivity index (χ1) is 7.18. The molecule has 0 saturated heterocycles. The van der Waals surface area contributed by atoms with Crippen LogP contribution in [0.15, 0.2) is 36.7 Å². The fourth-order valence-electron chi connectivity index (χ4n) is 1.51. The molecule has 0 spiro atoms. The van der Waals surface area contributed by atoms with E-state index in [-0.39, 0.29) is 11.8 Å². The van der Waals surface area contributed by atoms with Gasteiger partial charge >= 0.3 is 0 Å². The number of imidazole rings is 1. The molecule has 2 rings (SSSR count). The summed E-state index contributed by atoms with van der Waals surface area (Å²) in [6, 6.07) is 6.59. The van der Waals surface area contributed by atoms with Crippen LogP contribution in [0.4, 0.5) is 0 Å². The van der Waals surface area contributed by atoms with Gasteiger partial charge in [0.15, 0.2) is 0 Å². The molecule has 78 valence electrons. The van der Waals surface area contributed by atoms with Gasteiger partial charge in [-0.2, -0.15) is 0 Å². The van der Waals surface area contributed by atoms with E-state index in [1.807, 2.05) is 17.8 Å².